The first kappa shape index (κ1) is 10.7. The molecule has 0 aliphatic carbocycles. The zero-order valence-electron chi connectivity index (χ0n) is 6.39. The third-order valence-corrected chi connectivity index (χ3v) is 2.05. The summed E-state index contributed by atoms with van der Waals surface area (Å²) in [6.07, 6.45) is 3.00. The van der Waals surface area contributed by atoms with Crippen LogP contribution in [0.2, 0.25) is 0 Å². The minimum Gasteiger partial charge on any atom is -1.00 e. The first-order chi connectivity index (χ1) is 4.86. The van der Waals surface area contributed by atoms with E-state index in [2.05, 4.69) is 30.8 Å². The predicted molar refractivity (Wildman–Crippen MR) is 51.3 cm³/mol. The Morgan fingerprint density at radius 1 is 1.45 bits per heavy atom. The van der Waals surface area contributed by atoms with Gasteiger partial charge in [0.05, 0.1) is 6.16 Å². The molecule has 0 bridgehead atoms. The number of hydrogen-bond acceptors (Lipinski definition) is 0. The summed E-state index contributed by atoms with van der Waals surface area (Å²) in [7, 11) is 1.97. The molecule has 60 valence electrons. The highest BCUT2D eigenvalue weighted by Crippen LogP contribution is 2.09. The van der Waals surface area contributed by atoms with E-state index >= 15 is 0 Å². The van der Waals surface area contributed by atoms with Crippen LogP contribution < -0.4 is 12.4 Å². The van der Waals surface area contributed by atoms with Gasteiger partial charge in [0.15, 0.2) is 0 Å². The Kier molecular flexibility index (Phi) is 5.19. The van der Waals surface area contributed by atoms with Crippen molar-refractivity contribution >= 4 is 15.3 Å². The number of benzene rings is 1. The lowest BCUT2D eigenvalue weighted by atomic mass is 10.1. The third-order valence-electron chi connectivity index (χ3n) is 1.48. The van der Waals surface area contributed by atoms with Gasteiger partial charge in [0, 0.05) is 0 Å². The molecule has 1 unspecified atom stereocenters. The molecule has 1 rings (SSSR count). The summed E-state index contributed by atoms with van der Waals surface area (Å²) in [5.74, 6) is 0. The van der Waals surface area contributed by atoms with E-state index in [1.807, 2.05) is 15.3 Å². The fourth-order valence-electron chi connectivity index (χ4n) is 0.876. The summed E-state index contributed by atoms with van der Waals surface area (Å²) in [4.78, 5) is 0. The Labute approximate surface area is 76.3 Å². The van der Waals surface area contributed by atoms with E-state index < -0.39 is 0 Å². The Hall–Kier alpha value is -0.320. The van der Waals surface area contributed by atoms with E-state index in [1.54, 1.807) is 0 Å². The summed E-state index contributed by atoms with van der Waals surface area (Å²) in [5, 5.41) is 0. The van der Waals surface area contributed by atoms with Crippen molar-refractivity contribution in [2.24, 2.45) is 0 Å². The van der Waals surface area contributed by atoms with Crippen molar-refractivity contribution in [3.8, 4) is 0 Å². The number of halogens is 1. The molecule has 0 amide bonds. The summed E-state index contributed by atoms with van der Waals surface area (Å²) < 4.78 is 0. The van der Waals surface area contributed by atoms with Gasteiger partial charge < -0.3 is 12.4 Å². The minimum atomic E-state index is 0. The molecule has 0 heterocycles. The predicted octanol–water partition coefficient (Wildman–Crippen LogP) is -0.559. The average Bonchev–Trinajstić information content (AvgIpc) is 2.05. The summed E-state index contributed by atoms with van der Waals surface area (Å²) >= 11 is 0. The van der Waals surface area contributed by atoms with Crippen LogP contribution in [-0.4, -0.2) is 0 Å². The fraction of sp³-hybridized carbons (Fsp3) is 0.111. The molecular formula is C9H12ClP. The van der Waals surface area contributed by atoms with Crippen molar-refractivity contribution < 1.29 is 12.4 Å². The highest BCUT2D eigenvalue weighted by Gasteiger charge is 1.90. The standard InChI is InChI=1S/C9H11P.ClH/c1-2-8-4-3-5-9(6-8)7-10;/h2-6H,1,7,10H2;1H. The van der Waals surface area contributed by atoms with E-state index in [4.69, 9.17) is 0 Å². The van der Waals surface area contributed by atoms with Crippen LogP contribution in [0.4, 0.5) is 0 Å². The van der Waals surface area contributed by atoms with Crippen molar-refractivity contribution in [3.05, 3.63) is 42.0 Å². The smallest absolute Gasteiger partial charge is 0.0774 e. The largest absolute Gasteiger partial charge is 1.00 e. The van der Waals surface area contributed by atoms with Gasteiger partial charge in [-0.15, -0.1) is 0 Å². The third kappa shape index (κ3) is 3.05. The second-order valence-electron chi connectivity index (χ2n) is 2.20. The van der Waals surface area contributed by atoms with Gasteiger partial charge in [-0.2, -0.15) is 0 Å². The van der Waals surface area contributed by atoms with Crippen LogP contribution in [0.5, 0.6) is 0 Å². The SMILES string of the molecule is C=Cc1cccc(C[PH3+])c1.[Cl-]. The molecular weight excluding hydrogens is 175 g/mol. The van der Waals surface area contributed by atoms with Gasteiger partial charge in [0.2, 0.25) is 0 Å². The Balaban J connectivity index is 0.000001000. The molecule has 0 radical (unpaired) electrons. The zero-order valence-corrected chi connectivity index (χ0v) is 8.56. The fourth-order valence-corrected chi connectivity index (χ4v) is 1.19. The van der Waals surface area contributed by atoms with Gasteiger partial charge in [-0.3, -0.25) is 0 Å². The molecule has 0 saturated carbocycles. The average molecular weight is 187 g/mol. The molecule has 0 nitrogen and oxygen atoms in total. The maximum Gasteiger partial charge on any atom is 0.0774 e. The number of hydrogen-bond donors (Lipinski definition) is 0. The van der Waals surface area contributed by atoms with Crippen LogP contribution in [0.15, 0.2) is 30.8 Å². The van der Waals surface area contributed by atoms with E-state index in [0.717, 1.165) is 6.16 Å². The highest BCUT2D eigenvalue weighted by molar-refractivity contribution is 7.15. The Bertz CT molecular complexity index is 233. The molecule has 0 N–H and O–H groups in total. The second-order valence-corrected chi connectivity index (χ2v) is 2.70. The van der Waals surface area contributed by atoms with Gasteiger partial charge in [0.25, 0.3) is 0 Å². The molecule has 1 aromatic rings. The topological polar surface area (TPSA) is 0 Å². The van der Waals surface area contributed by atoms with E-state index in [1.165, 1.54) is 11.1 Å². The Morgan fingerprint density at radius 3 is 2.73 bits per heavy atom. The lowest BCUT2D eigenvalue weighted by molar-refractivity contribution is -0.00000194. The highest BCUT2D eigenvalue weighted by atomic mass is 35.5. The molecule has 2 heteroatoms. The van der Waals surface area contributed by atoms with Crippen molar-refractivity contribution in [3.63, 3.8) is 0 Å². The normalized spacial score (nSPS) is 8.73. The van der Waals surface area contributed by atoms with E-state index in [9.17, 15) is 0 Å². The van der Waals surface area contributed by atoms with Crippen LogP contribution in [0, 0.1) is 0 Å². The van der Waals surface area contributed by atoms with Gasteiger partial charge in [-0.25, -0.2) is 0 Å². The van der Waals surface area contributed by atoms with E-state index in [-0.39, 0.29) is 12.4 Å². The van der Waals surface area contributed by atoms with Gasteiger partial charge in [-0.1, -0.05) is 30.9 Å². The second kappa shape index (κ2) is 5.35. The van der Waals surface area contributed by atoms with Crippen LogP contribution in [-0.2, 0) is 6.16 Å². The maximum atomic E-state index is 3.71. The lowest BCUT2D eigenvalue weighted by Crippen LogP contribution is -3.00. The van der Waals surface area contributed by atoms with Crippen molar-refractivity contribution in [1.82, 2.24) is 0 Å². The molecule has 0 aromatic heterocycles. The zero-order chi connectivity index (χ0) is 7.40. The molecule has 1 aromatic carbocycles. The quantitative estimate of drug-likeness (QED) is 0.544. The summed E-state index contributed by atoms with van der Waals surface area (Å²) in [6, 6.07) is 8.44. The summed E-state index contributed by atoms with van der Waals surface area (Å²) in [6.45, 7) is 3.71. The van der Waals surface area contributed by atoms with E-state index in [0.29, 0.717) is 0 Å². The van der Waals surface area contributed by atoms with Gasteiger partial charge in [0.1, 0.15) is 0 Å². The van der Waals surface area contributed by atoms with Gasteiger partial charge in [-0.05, 0) is 26.4 Å². The van der Waals surface area contributed by atoms with Crippen LogP contribution in [0.25, 0.3) is 6.08 Å². The molecule has 0 spiro atoms. The minimum absolute atomic E-state index is 0. The number of rotatable bonds is 2. The summed E-state index contributed by atoms with van der Waals surface area (Å²) in [5.41, 5.74) is 2.60. The van der Waals surface area contributed by atoms with Crippen LogP contribution >= 0.6 is 9.24 Å². The lowest BCUT2D eigenvalue weighted by Gasteiger charge is -1.94. The first-order valence-corrected chi connectivity index (χ1v) is 4.37. The van der Waals surface area contributed by atoms with Gasteiger partial charge >= 0.3 is 0 Å². The molecule has 0 aliphatic heterocycles. The van der Waals surface area contributed by atoms with Crippen LogP contribution in [0.1, 0.15) is 11.1 Å². The van der Waals surface area contributed by atoms with Crippen molar-refractivity contribution in [1.29, 1.82) is 0 Å². The Morgan fingerprint density at radius 2 is 2.18 bits per heavy atom. The molecule has 0 fully saturated rings. The molecule has 1 atom stereocenters. The molecule has 0 saturated heterocycles. The molecule has 0 aliphatic rings. The first-order valence-electron chi connectivity index (χ1n) is 3.37. The molecule has 11 heavy (non-hydrogen) atoms. The van der Waals surface area contributed by atoms with Crippen LogP contribution in [0.3, 0.4) is 0 Å². The van der Waals surface area contributed by atoms with Crippen molar-refractivity contribution in [2.45, 2.75) is 6.16 Å². The van der Waals surface area contributed by atoms with Crippen molar-refractivity contribution in [2.75, 3.05) is 0 Å². The maximum absolute atomic E-state index is 3.71. The monoisotopic (exact) mass is 186 g/mol.